The number of methoxy groups -OCH3 is 2. The maximum Gasteiger partial charge on any atom is 0.429 e. The molecule has 4 atom stereocenters. The molecule has 87 heavy (non-hydrogen) atoms. The minimum Gasteiger partial charge on any atom is -0.442 e. The molecule has 2 unspecified atom stereocenters. The zero-order chi connectivity index (χ0) is 62.9. The summed E-state index contributed by atoms with van der Waals surface area (Å²) < 4.78 is 28.2. The quantitative estimate of drug-likeness (QED) is 0.0252. The van der Waals surface area contributed by atoms with Crippen molar-refractivity contribution in [2.45, 2.75) is 111 Å². The summed E-state index contributed by atoms with van der Waals surface area (Å²) in [4.78, 5) is 73.1. The van der Waals surface area contributed by atoms with Gasteiger partial charge in [0.05, 0.1) is 25.7 Å². The summed E-state index contributed by atoms with van der Waals surface area (Å²) in [7, 11) is 3.11. The molecule has 0 aliphatic carbocycles. The highest BCUT2D eigenvalue weighted by Crippen LogP contribution is 2.24. The Bertz CT molecular complexity index is 3310. The van der Waals surface area contributed by atoms with E-state index in [9.17, 15) is 24.0 Å². The van der Waals surface area contributed by atoms with E-state index in [2.05, 4.69) is 41.5 Å². The van der Waals surface area contributed by atoms with Crippen molar-refractivity contribution in [1.29, 1.82) is 0 Å². The van der Waals surface area contributed by atoms with Gasteiger partial charge in [-0.2, -0.15) is 0 Å². The number of carbonyl (C=O) groups is 5. The van der Waals surface area contributed by atoms with Gasteiger partial charge in [0.25, 0.3) is 0 Å². The third-order valence-corrected chi connectivity index (χ3v) is 14.2. The van der Waals surface area contributed by atoms with Gasteiger partial charge >= 0.3 is 12.1 Å². The number of benzene rings is 7. The first-order valence-corrected chi connectivity index (χ1v) is 29.5. The van der Waals surface area contributed by atoms with Crippen LogP contribution in [0.25, 0.3) is 21.5 Å². The Hall–Kier alpha value is -8.45. The number of fused-ring (bicyclic) bond motifs is 2. The Morgan fingerprint density at radius 2 is 1.06 bits per heavy atom. The van der Waals surface area contributed by atoms with Gasteiger partial charge in [-0.15, -0.1) is 6.58 Å². The minimum absolute atomic E-state index is 0.0748. The van der Waals surface area contributed by atoms with Gasteiger partial charge in [-0.1, -0.05) is 181 Å². The molecule has 462 valence electrons. The lowest BCUT2D eigenvalue weighted by atomic mass is 10.0. The number of nitrogens with zero attached hydrogens (tertiary/aromatic N) is 4. The second-order valence-corrected chi connectivity index (χ2v) is 22.1. The van der Waals surface area contributed by atoms with E-state index in [1.807, 2.05) is 167 Å². The zero-order valence-electron chi connectivity index (χ0n) is 51.9. The molecule has 0 saturated carbocycles. The predicted molar refractivity (Wildman–Crippen MR) is 342 cm³/mol. The molecular weight excluding hydrogens is 1100 g/mol. The zero-order valence-corrected chi connectivity index (χ0v) is 51.9. The number of ether oxygens (including phenoxy) is 5. The highest BCUT2D eigenvalue weighted by Gasteiger charge is 2.35. The average Bonchev–Trinajstić information content (AvgIpc) is 3.35. The van der Waals surface area contributed by atoms with E-state index in [0.29, 0.717) is 32.7 Å². The standard InChI is InChI=1S/C44H55N5O7.C26H32N2O3/c1-8-26-48(42(52)45-28-34-16-11-10-12-17-34)49(43(53)56-44(4,5)6)30-39(50)46-38(27-33-24-22-32(3)23-25-33)41(51)47(31-40(54-7)55-9-2)29-36-20-15-19-35-18-13-14-21-37(35)36;1-4-31-25(30-3)18-28(17-22-10-7-9-21-8-5-6-11-23(21)22)26(29)24(27)16-20-14-12-19(2)13-15-20/h8,10-25,38,40H,1,9,26-31H2,2-7H3,(H,45,52)(H,46,50);5-15,24-25H,4,16-18,27H2,1-3H3/t38-,40?;24-,25?/m00/s1. The van der Waals surface area contributed by atoms with E-state index < -0.39 is 54.8 Å². The van der Waals surface area contributed by atoms with Crippen LogP contribution >= 0.6 is 0 Å². The molecule has 0 saturated heterocycles. The topological polar surface area (TPSA) is 195 Å². The number of hydrazine groups is 1. The highest BCUT2D eigenvalue weighted by molar-refractivity contribution is 5.92. The Balaban J connectivity index is 0.000000328. The number of amides is 6. The largest absolute Gasteiger partial charge is 0.442 e. The van der Waals surface area contributed by atoms with Crippen LogP contribution in [0.5, 0.6) is 0 Å². The molecule has 0 bridgehead atoms. The van der Waals surface area contributed by atoms with Crippen molar-refractivity contribution in [3.63, 3.8) is 0 Å². The van der Waals surface area contributed by atoms with Crippen LogP contribution in [-0.2, 0) is 70.5 Å². The van der Waals surface area contributed by atoms with Crippen LogP contribution in [-0.4, -0.2) is 134 Å². The molecule has 7 rings (SSSR count). The summed E-state index contributed by atoms with van der Waals surface area (Å²) >= 11 is 0. The first-order chi connectivity index (χ1) is 41.8. The highest BCUT2D eigenvalue weighted by atomic mass is 16.7. The summed E-state index contributed by atoms with van der Waals surface area (Å²) in [5.74, 6) is -1.19. The lowest BCUT2D eigenvalue weighted by Gasteiger charge is -2.35. The van der Waals surface area contributed by atoms with Crippen LogP contribution in [0.2, 0.25) is 0 Å². The number of urea groups is 1. The molecule has 17 nitrogen and oxygen atoms in total. The summed E-state index contributed by atoms with van der Waals surface area (Å²) in [6, 6.07) is 50.9. The van der Waals surface area contributed by atoms with Crippen molar-refractivity contribution in [2.75, 3.05) is 53.6 Å². The Kier molecular flexibility index (Phi) is 26.5. The Labute approximate surface area is 513 Å². The molecule has 17 heteroatoms. The summed E-state index contributed by atoms with van der Waals surface area (Å²) in [5, 5.41) is 12.0. The molecule has 0 aliphatic heterocycles. The smallest absolute Gasteiger partial charge is 0.429 e. The lowest BCUT2D eigenvalue weighted by molar-refractivity contribution is -0.154. The molecule has 0 radical (unpaired) electrons. The maximum absolute atomic E-state index is 14.8. The molecule has 6 amide bonds. The van der Waals surface area contributed by atoms with Crippen LogP contribution < -0.4 is 16.4 Å². The molecule has 7 aromatic rings. The molecule has 0 fully saturated rings. The Morgan fingerprint density at radius 3 is 1.54 bits per heavy atom. The van der Waals surface area contributed by atoms with Gasteiger partial charge in [0.15, 0.2) is 12.6 Å². The van der Waals surface area contributed by atoms with Gasteiger partial charge in [-0.3, -0.25) is 14.4 Å². The van der Waals surface area contributed by atoms with Gasteiger partial charge in [0.1, 0.15) is 18.2 Å². The van der Waals surface area contributed by atoms with Crippen molar-refractivity contribution < 1.29 is 47.7 Å². The number of nitrogens with two attached hydrogens (primary N) is 1. The van der Waals surface area contributed by atoms with Crippen LogP contribution in [0, 0.1) is 13.8 Å². The molecule has 0 aromatic heterocycles. The van der Waals surface area contributed by atoms with Crippen molar-refractivity contribution in [3.05, 3.63) is 215 Å². The molecular formula is C70H87N7O10. The van der Waals surface area contributed by atoms with Crippen molar-refractivity contribution in [3.8, 4) is 0 Å². The summed E-state index contributed by atoms with van der Waals surface area (Å²) in [6.45, 7) is 17.9. The van der Waals surface area contributed by atoms with Crippen LogP contribution in [0.4, 0.5) is 9.59 Å². The number of rotatable bonds is 27. The van der Waals surface area contributed by atoms with E-state index in [1.54, 1.807) is 37.7 Å². The van der Waals surface area contributed by atoms with Crippen molar-refractivity contribution in [2.24, 2.45) is 5.73 Å². The van der Waals surface area contributed by atoms with Gasteiger partial charge in [0.2, 0.25) is 17.7 Å². The van der Waals surface area contributed by atoms with E-state index >= 15 is 0 Å². The number of hydrogen-bond donors (Lipinski definition) is 3. The van der Waals surface area contributed by atoms with Crippen molar-refractivity contribution in [1.82, 2.24) is 30.5 Å². The SMILES string of the molecule is C=CCN(C(=O)NCc1ccccc1)N(CC(=O)N[C@@H](Cc1ccc(C)cc1)C(=O)N(Cc1cccc2ccccc12)CC(OC)OCC)C(=O)OC(C)(C)C.CCOC(CN(Cc1cccc2ccccc12)C(=O)[C@@H](N)Cc1ccc(C)cc1)OC. The first kappa shape index (κ1) is 67.7. The van der Waals surface area contributed by atoms with Gasteiger partial charge in [-0.25, -0.2) is 19.6 Å². The van der Waals surface area contributed by atoms with Crippen molar-refractivity contribution >= 4 is 51.4 Å². The second-order valence-electron chi connectivity index (χ2n) is 22.1. The number of aryl methyl sites for hydroxylation is 2. The normalized spacial score (nSPS) is 12.6. The summed E-state index contributed by atoms with van der Waals surface area (Å²) in [6.07, 6.45) is -0.102. The minimum atomic E-state index is -1.08. The maximum atomic E-state index is 14.8. The van der Waals surface area contributed by atoms with E-state index in [-0.39, 0.29) is 44.4 Å². The second kappa shape index (κ2) is 34.0. The first-order valence-electron chi connectivity index (χ1n) is 29.5. The Morgan fingerprint density at radius 1 is 0.586 bits per heavy atom. The monoisotopic (exact) mass is 1190 g/mol. The fourth-order valence-electron chi connectivity index (χ4n) is 9.76. The molecule has 0 spiro atoms. The molecule has 7 aromatic carbocycles. The van der Waals surface area contributed by atoms with Gasteiger partial charge in [0, 0.05) is 53.5 Å². The number of hydrogen-bond acceptors (Lipinski definition) is 11. The molecule has 4 N–H and O–H groups in total. The third kappa shape index (κ3) is 21.2. The fraction of sp³-hybridized carbons (Fsp3) is 0.357. The lowest BCUT2D eigenvalue weighted by Crippen LogP contribution is -2.58. The summed E-state index contributed by atoms with van der Waals surface area (Å²) in [5.41, 5.74) is 12.3. The van der Waals surface area contributed by atoms with E-state index in [1.165, 1.54) is 18.7 Å². The number of nitrogens with one attached hydrogen (secondary N) is 2. The van der Waals surface area contributed by atoms with Crippen LogP contribution in [0.15, 0.2) is 176 Å². The molecule has 0 aliphatic rings. The number of carbonyl (C=O) groups excluding carboxylic acids is 5. The van der Waals surface area contributed by atoms with E-state index in [0.717, 1.165) is 64.9 Å². The van der Waals surface area contributed by atoms with E-state index in [4.69, 9.17) is 29.4 Å². The third-order valence-electron chi connectivity index (χ3n) is 14.2. The predicted octanol–water partition coefficient (Wildman–Crippen LogP) is 10.8. The van der Waals surface area contributed by atoms with Crippen LogP contribution in [0.3, 0.4) is 0 Å². The van der Waals surface area contributed by atoms with Gasteiger partial charge < -0.3 is 49.9 Å². The fourth-order valence-corrected chi connectivity index (χ4v) is 9.76. The average molecular weight is 1190 g/mol. The molecule has 0 heterocycles. The van der Waals surface area contributed by atoms with Gasteiger partial charge in [-0.05, 0) is 104 Å². The van der Waals surface area contributed by atoms with Crippen LogP contribution in [0.1, 0.15) is 73.6 Å².